The molecule has 0 aliphatic heterocycles. The van der Waals surface area contributed by atoms with Crippen LogP contribution in [0.2, 0.25) is 5.02 Å². The van der Waals surface area contributed by atoms with E-state index in [4.69, 9.17) is 16.3 Å². The number of nitrogens with zero attached hydrogens (tertiary/aromatic N) is 2. The summed E-state index contributed by atoms with van der Waals surface area (Å²) in [5.74, 6) is 0.958. The molecule has 94 valence electrons. The molecule has 0 radical (unpaired) electrons. The predicted octanol–water partition coefficient (Wildman–Crippen LogP) is 4.84. The van der Waals surface area contributed by atoms with Gasteiger partial charge in [-0.05, 0) is 30.3 Å². The van der Waals surface area contributed by atoms with Crippen molar-refractivity contribution < 1.29 is 4.74 Å². The molecule has 3 rings (SSSR count). The Morgan fingerprint density at radius 1 is 1.05 bits per heavy atom. The fourth-order valence-electron chi connectivity index (χ4n) is 1.66. The van der Waals surface area contributed by atoms with Crippen LogP contribution < -0.4 is 4.74 Å². The van der Waals surface area contributed by atoms with Crippen LogP contribution in [0.1, 0.15) is 0 Å². The molecule has 3 aromatic rings. The molecule has 0 bridgehead atoms. The number of benzene rings is 2. The SMILES string of the molecule is Clc1ccc(Br)cc1Oc1cnc2ccccc2n1. The van der Waals surface area contributed by atoms with E-state index < -0.39 is 0 Å². The Morgan fingerprint density at radius 3 is 2.68 bits per heavy atom. The molecule has 5 heteroatoms. The van der Waals surface area contributed by atoms with Crippen molar-refractivity contribution in [3.05, 3.63) is 58.2 Å². The zero-order valence-corrected chi connectivity index (χ0v) is 12.0. The fourth-order valence-corrected chi connectivity index (χ4v) is 2.15. The maximum Gasteiger partial charge on any atom is 0.238 e. The van der Waals surface area contributed by atoms with Gasteiger partial charge in [0.2, 0.25) is 5.88 Å². The Balaban J connectivity index is 1.98. The van der Waals surface area contributed by atoms with Crippen LogP contribution in [0.15, 0.2) is 53.1 Å². The standard InChI is InChI=1S/C14H8BrClN2O/c15-9-5-6-10(16)13(7-9)19-14-8-17-11-3-1-2-4-12(11)18-14/h1-8H. The normalized spacial score (nSPS) is 10.6. The highest BCUT2D eigenvalue weighted by atomic mass is 79.9. The second-order valence-corrected chi connectivity index (χ2v) is 5.20. The minimum absolute atomic E-state index is 0.415. The number of hydrogen-bond acceptors (Lipinski definition) is 3. The minimum atomic E-state index is 0.415. The number of aromatic nitrogens is 2. The molecular weight excluding hydrogens is 328 g/mol. The number of rotatable bonds is 2. The third-order valence-electron chi connectivity index (χ3n) is 2.53. The lowest BCUT2D eigenvalue weighted by Gasteiger charge is -2.07. The van der Waals surface area contributed by atoms with Gasteiger partial charge in [-0.3, -0.25) is 0 Å². The Bertz CT molecular complexity index is 748. The summed E-state index contributed by atoms with van der Waals surface area (Å²) in [5, 5.41) is 0.526. The van der Waals surface area contributed by atoms with E-state index >= 15 is 0 Å². The van der Waals surface area contributed by atoms with Gasteiger partial charge in [0.05, 0.1) is 22.3 Å². The fraction of sp³-hybridized carbons (Fsp3) is 0. The van der Waals surface area contributed by atoms with Crippen LogP contribution in [0.4, 0.5) is 0 Å². The first-order valence-electron chi connectivity index (χ1n) is 5.57. The predicted molar refractivity (Wildman–Crippen MR) is 78.8 cm³/mol. The highest BCUT2D eigenvalue weighted by Gasteiger charge is 2.06. The number of hydrogen-bond donors (Lipinski definition) is 0. The molecule has 0 aliphatic rings. The Kier molecular flexibility index (Phi) is 3.36. The summed E-state index contributed by atoms with van der Waals surface area (Å²) in [7, 11) is 0. The molecule has 0 fully saturated rings. The van der Waals surface area contributed by atoms with E-state index in [1.165, 1.54) is 0 Å². The highest BCUT2D eigenvalue weighted by molar-refractivity contribution is 9.10. The van der Waals surface area contributed by atoms with Gasteiger partial charge in [-0.25, -0.2) is 9.97 Å². The molecular formula is C14H8BrClN2O. The maximum atomic E-state index is 6.07. The van der Waals surface area contributed by atoms with E-state index in [0.717, 1.165) is 15.5 Å². The summed E-state index contributed by atoms with van der Waals surface area (Å²) in [6.07, 6.45) is 1.58. The molecule has 19 heavy (non-hydrogen) atoms. The van der Waals surface area contributed by atoms with E-state index in [9.17, 15) is 0 Å². The Morgan fingerprint density at radius 2 is 1.84 bits per heavy atom. The van der Waals surface area contributed by atoms with Crippen molar-refractivity contribution in [2.24, 2.45) is 0 Å². The molecule has 3 nitrogen and oxygen atoms in total. The average molecular weight is 336 g/mol. The zero-order valence-electron chi connectivity index (χ0n) is 9.68. The van der Waals surface area contributed by atoms with Gasteiger partial charge in [0.1, 0.15) is 5.75 Å². The van der Waals surface area contributed by atoms with Gasteiger partial charge in [-0.1, -0.05) is 39.7 Å². The summed E-state index contributed by atoms with van der Waals surface area (Å²) in [6, 6.07) is 13.0. The van der Waals surface area contributed by atoms with Crippen LogP contribution in [0.3, 0.4) is 0 Å². The summed E-state index contributed by atoms with van der Waals surface area (Å²) in [4.78, 5) is 8.67. The van der Waals surface area contributed by atoms with Crippen molar-refractivity contribution in [1.29, 1.82) is 0 Å². The first-order valence-corrected chi connectivity index (χ1v) is 6.74. The van der Waals surface area contributed by atoms with Crippen molar-refractivity contribution in [3.63, 3.8) is 0 Å². The molecule has 2 aromatic carbocycles. The lowest BCUT2D eigenvalue weighted by atomic mass is 10.3. The van der Waals surface area contributed by atoms with Gasteiger partial charge < -0.3 is 4.74 Å². The van der Waals surface area contributed by atoms with Gasteiger partial charge in [0.15, 0.2) is 0 Å². The smallest absolute Gasteiger partial charge is 0.238 e. The van der Waals surface area contributed by atoms with Gasteiger partial charge >= 0.3 is 0 Å². The second kappa shape index (κ2) is 5.15. The van der Waals surface area contributed by atoms with Crippen molar-refractivity contribution >= 4 is 38.6 Å². The summed E-state index contributed by atoms with van der Waals surface area (Å²) < 4.78 is 6.55. The van der Waals surface area contributed by atoms with Crippen molar-refractivity contribution in [2.45, 2.75) is 0 Å². The van der Waals surface area contributed by atoms with Crippen LogP contribution in [-0.4, -0.2) is 9.97 Å². The molecule has 0 unspecified atom stereocenters. The van der Waals surface area contributed by atoms with Crippen LogP contribution in [-0.2, 0) is 0 Å². The average Bonchev–Trinajstić information content (AvgIpc) is 2.43. The molecule has 0 N–H and O–H groups in total. The molecule has 0 saturated heterocycles. The van der Waals surface area contributed by atoms with Crippen molar-refractivity contribution in [2.75, 3.05) is 0 Å². The Labute approximate surface area is 123 Å². The van der Waals surface area contributed by atoms with E-state index in [2.05, 4.69) is 25.9 Å². The number of halogens is 2. The third-order valence-corrected chi connectivity index (χ3v) is 3.34. The van der Waals surface area contributed by atoms with Crippen LogP contribution in [0.5, 0.6) is 11.6 Å². The third kappa shape index (κ3) is 2.69. The summed E-state index contributed by atoms with van der Waals surface area (Å²) in [6.45, 7) is 0. The maximum absolute atomic E-state index is 6.07. The number of ether oxygens (including phenoxy) is 1. The second-order valence-electron chi connectivity index (χ2n) is 3.87. The van der Waals surface area contributed by atoms with E-state index in [1.807, 2.05) is 30.3 Å². The first kappa shape index (κ1) is 12.4. The van der Waals surface area contributed by atoms with Crippen LogP contribution >= 0.6 is 27.5 Å². The topological polar surface area (TPSA) is 35.0 Å². The quantitative estimate of drug-likeness (QED) is 0.672. The molecule has 0 spiro atoms. The monoisotopic (exact) mass is 334 g/mol. The van der Waals surface area contributed by atoms with Crippen molar-refractivity contribution in [3.8, 4) is 11.6 Å². The summed E-state index contributed by atoms with van der Waals surface area (Å²) in [5.41, 5.74) is 1.61. The van der Waals surface area contributed by atoms with E-state index in [1.54, 1.807) is 18.3 Å². The lowest BCUT2D eigenvalue weighted by Crippen LogP contribution is -1.91. The zero-order chi connectivity index (χ0) is 13.2. The van der Waals surface area contributed by atoms with Crippen LogP contribution in [0.25, 0.3) is 11.0 Å². The van der Waals surface area contributed by atoms with E-state index in [0.29, 0.717) is 16.7 Å². The minimum Gasteiger partial charge on any atom is -0.436 e. The Hall–Kier alpha value is -1.65. The molecule has 1 aromatic heterocycles. The summed E-state index contributed by atoms with van der Waals surface area (Å²) >= 11 is 9.45. The van der Waals surface area contributed by atoms with Gasteiger partial charge in [-0.15, -0.1) is 0 Å². The largest absolute Gasteiger partial charge is 0.436 e. The highest BCUT2D eigenvalue weighted by Crippen LogP contribution is 2.31. The lowest BCUT2D eigenvalue weighted by molar-refractivity contribution is 0.462. The first-order chi connectivity index (χ1) is 9.22. The number of fused-ring (bicyclic) bond motifs is 1. The van der Waals surface area contributed by atoms with E-state index in [-0.39, 0.29) is 0 Å². The van der Waals surface area contributed by atoms with Crippen LogP contribution in [0, 0.1) is 0 Å². The molecule has 1 heterocycles. The van der Waals surface area contributed by atoms with Crippen molar-refractivity contribution in [1.82, 2.24) is 9.97 Å². The van der Waals surface area contributed by atoms with Gasteiger partial charge in [0, 0.05) is 4.47 Å². The molecule has 0 saturated carbocycles. The van der Waals surface area contributed by atoms with Gasteiger partial charge in [-0.2, -0.15) is 0 Å². The number of para-hydroxylation sites is 2. The molecule has 0 amide bonds. The molecule has 0 atom stereocenters. The molecule has 0 aliphatic carbocycles. The van der Waals surface area contributed by atoms with Gasteiger partial charge in [0.25, 0.3) is 0 Å².